The summed E-state index contributed by atoms with van der Waals surface area (Å²) in [5.41, 5.74) is 6.33. The molecule has 0 saturated heterocycles. The smallest absolute Gasteiger partial charge is 0.138 e. The van der Waals surface area contributed by atoms with Crippen molar-refractivity contribution in [2.24, 2.45) is 16.6 Å². The van der Waals surface area contributed by atoms with Crippen molar-refractivity contribution in [3.63, 3.8) is 0 Å². The third kappa shape index (κ3) is 10.5. The van der Waals surface area contributed by atoms with Crippen molar-refractivity contribution in [3.05, 3.63) is 40.7 Å². The summed E-state index contributed by atoms with van der Waals surface area (Å²) >= 11 is 1.70. The molecule has 0 radical (unpaired) electrons. The molecule has 4 nitrogen and oxygen atoms in total. The Bertz CT molecular complexity index is 537. The van der Waals surface area contributed by atoms with Gasteiger partial charge in [-0.15, -0.1) is 11.3 Å². The molecule has 5 heteroatoms. The molecule has 0 fully saturated rings. The zero-order valence-electron chi connectivity index (χ0n) is 16.6. The first-order chi connectivity index (χ1) is 12.7. The normalized spacial score (nSPS) is 14.1. The van der Waals surface area contributed by atoms with Gasteiger partial charge in [0.05, 0.1) is 12.3 Å². The molecule has 26 heavy (non-hydrogen) atoms. The van der Waals surface area contributed by atoms with Crippen LogP contribution < -0.4 is 5.73 Å². The molecule has 146 valence electrons. The van der Waals surface area contributed by atoms with E-state index in [1.165, 1.54) is 30.3 Å². The van der Waals surface area contributed by atoms with Crippen molar-refractivity contribution in [1.29, 1.82) is 0 Å². The molecule has 0 aliphatic heterocycles. The molecule has 1 rings (SSSR count). The maximum atomic E-state index is 5.72. The first-order valence-corrected chi connectivity index (χ1v) is 10.5. The molecule has 0 saturated carbocycles. The predicted octanol–water partition coefficient (Wildman–Crippen LogP) is 4.80. The van der Waals surface area contributed by atoms with Gasteiger partial charge < -0.3 is 15.4 Å². The minimum atomic E-state index is 0.361. The number of aliphatic imine (C=N–C) groups is 1. The summed E-state index contributed by atoms with van der Waals surface area (Å²) in [6.07, 6.45) is 11.0. The molecule has 0 aliphatic rings. The van der Waals surface area contributed by atoms with E-state index in [-0.39, 0.29) is 0 Å². The van der Waals surface area contributed by atoms with Crippen LogP contribution in [0.3, 0.4) is 0 Å². The SMILES string of the molecule is CCCN(CCOC/N=C(/C=C\N)\C=C\c1cccs1)CCC(C)CC. The molecule has 0 amide bonds. The molecule has 1 unspecified atom stereocenters. The van der Waals surface area contributed by atoms with E-state index < -0.39 is 0 Å². The average Bonchev–Trinajstić information content (AvgIpc) is 3.16. The van der Waals surface area contributed by atoms with Crippen LogP contribution in [0.5, 0.6) is 0 Å². The zero-order chi connectivity index (χ0) is 19.0. The van der Waals surface area contributed by atoms with Gasteiger partial charge in [-0.25, -0.2) is 0 Å². The van der Waals surface area contributed by atoms with Gasteiger partial charge in [-0.05, 0) is 67.7 Å². The van der Waals surface area contributed by atoms with Gasteiger partial charge in [0, 0.05) is 11.4 Å². The molecule has 0 aromatic carbocycles. The van der Waals surface area contributed by atoms with Crippen LogP contribution >= 0.6 is 11.3 Å². The first-order valence-electron chi connectivity index (χ1n) is 9.64. The van der Waals surface area contributed by atoms with Crippen molar-refractivity contribution in [3.8, 4) is 0 Å². The second-order valence-electron chi connectivity index (χ2n) is 6.47. The van der Waals surface area contributed by atoms with Gasteiger partial charge in [-0.2, -0.15) is 0 Å². The quantitative estimate of drug-likeness (QED) is 0.374. The number of rotatable bonds is 14. The molecular formula is C21H35N3OS. The Balaban J connectivity index is 2.36. The highest BCUT2D eigenvalue weighted by Crippen LogP contribution is 2.10. The monoisotopic (exact) mass is 377 g/mol. The van der Waals surface area contributed by atoms with Crippen LogP contribution in [0, 0.1) is 5.92 Å². The molecule has 0 spiro atoms. The molecule has 0 aliphatic carbocycles. The van der Waals surface area contributed by atoms with Gasteiger partial charge in [0.25, 0.3) is 0 Å². The summed E-state index contributed by atoms with van der Waals surface area (Å²) in [4.78, 5) is 8.16. The lowest BCUT2D eigenvalue weighted by molar-refractivity contribution is 0.107. The summed E-state index contributed by atoms with van der Waals surface area (Å²) in [5, 5.41) is 2.06. The Labute approximate surface area is 163 Å². The van der Waals surface area contributed by atoms with E-state index in [0.717, 1.165) is 31.3 Å². The van der Waals surface area contributed by atoms with E-state index in [1.807, 2.05) is 18.2 Å². The summed E-state index contributed by atoms with van der Waals surface area (Å²) in [6.45, 7) is 11.1. The highest BCUT2D eigenvalue weighted by atomic mass is 32.1. The number of ether oxygens (including phenoxy) is 1. The molecule has 0 bridgehead atoms. The van der Waals surface area contributed by atoms with Crippen LogP contribution in [-0.4, -0.2) is 43.6 Å². The maximum Gasteiger partial charge on any atom is 0.138 e. The number of hydrogen-bond donors (Lipinski definition) is 1. The van der Waals surface area contributed by atoms with Gasteiger partial charge in [0.1, 0.15) is 6.73 Å². The fraction of sp³-hybridized carbons (Fsp3) is 0.571. The number of allylic oxidation sites excluding steroid dienone is 2. The lowest BCUT2D eigenvalue weighted by Crippen LogP contribution is -2.30. The summed E-state index contributed by atoms with van der Waals surface area (Å²) in [5.74, 6) is 0.792. The number of hydrogen-bond acceptors (Lipinski definition) is 5. The topological polar surface area (TPSA) is 50.8 Å². The largest absolute Gasteiger partial charge is 0.405 e. The fourth-order valence-corrected chi connectivity index (χ4v) is 3.07. The van der Waals surface area contributed by atoms with E-state index in [1.54, 1.807) is 17.4 Å². The number of thiophene rings is 1. The maximum absolute atomic E-state index is 5.72. The third-order valence-electron chi connectivity index (χ3n) is 4.29. The van der Waals surface area contributed by atoms with Gasteiger partial charge in [0.2, 0.25) is 0 Å². The van der Waals surface area contributed by atoms with Crippen molar-refractivity contribution >= 4 is 23.1 Å². The Morgan fingerprint density at radius 1 is 1.31 bits per heavy atom. The van der Waals surface area contributed by atoms with Gasteiger partial charge in [-0.3, -0.25) is 4.99 Å². The summed E-state index contributed by atoms with van der Waals surface area (Å²) in [7, 11) is 0. The summed E-state index contributed by atoms with van der Waals surface area (Å²) < 4.78 is 5.72. The molecule has 1 aromatic heterocycles. The van der Waals surface area contributed by atoms with Gasteiger partial charge in [-0.1, -0.05) is 33.3 Å². The van der Waals surface area contributed by atoms with Crippen LogP contribution in [0.25, 0.3) is 6.08 Å². The van der Waals surface area contributed by atoms with Crippen LogP contribution in [0.4, 0.5) is 0 Å². The van der Waals surface area contributed by atoms with Crippen LogP contribution in [0.15, 0.2) is 40.9 Å². The molecule has 1 aromatic rings. The second kappa shape index (κ2) is 14.7. The zero-order valence-corrected chi connectivity index (χ0v) is 17.4. The number of nitrogens with two attached hydrogens (primary N) is 1. The fourth-order valence-electron chi connectivity index (χ4n) is 2.45. The van der Waals surface area contributed by atoms with Gasteiger partial charge >= 0.3 is 0 Å². The molecular weight excluding hydrogens is 342 g/mol. The molecule has 2 N–H and O–H groups in total. The van der Waals surface area contributed by atoms with Crippen molar-refractivity contribution in [1.82, 2.24) is 4.90 Å². The van der Waals surface area contributed by atoms with Crippen molar-refractivity contribution in [2.45, 2.75) is 40.0 Å². The minimum Gasteiger partial charge on any atom is -0.405 e. The van der Waals surface area contributed by atoms with E-state index in [4.69, 9.17) is 10.5 Å². The highest BCUT2D eigenvalue weighted by Gasteiger charge is 2.06. The Morgan fingerprint density at radius 2 is 2.15 bits per heavy atom. The Hall–Kier alpha value is -1.43. The average molecular weight is 378 g/mol. The standard InChI is InChI=1S/C21H35N3OS/c1-4-13-24(14-11-19(3)5-2)15-16-25-18-23-20(10-12-22)8-9-21-7-6-17-26-21/h6-10,12,17,19H,4-5,11,13-16,18,22H2,1-3H3/b9-8+,12-10-,23-20+. The Kier molecular flexibility index (Phi) is 12.8. The second-order valence-corrected chi connectivity index (χ2v) is 7.45. The van der Waals surface area contributed by atoms with Crippen molar-refractivity contribution in [2.75, 3.05) is 33.0 Å². The minimum absolute atomic E-state index is 0.361. The third-order valence-corrected chi connectivity index (χ3v) is 5.13. The van der Waals surface area contributed by atoms with Crippen molar-refractivity contribution < 1.29 is 4.74 Å². The van der Waals surface area contributed by atoms with E-state index in [0.29, 0.717) is 13.3 Å². The van der Waals surface area contributed by atoms with Gasteiger partial charge in [0.15, 0.2) is 0 Å². The predicted molar refractivity (Wildman–Crippen MR) is 116 cm³/mol. The Morgan fingerprint density at radius 3 is 2.81 bits per heavy atom. The van der Waals surface area contributed by atoms with E-state index in [2.05, 4.69) is 42.1 Å². The van der Waals surface area contributed by atoms with E-state index >= 15 is 0 Å². The van der Waals surface area contributed by atoms with Crippen LogP contribution in [0.2, 0.25) is 0 Å². The molecule has 1 atom stereocenters. The number of nitrogens with zero attached hydrogens (tertiary/aromatic N) is 2. The van der Waals surface area contributed by atoms with E-state index in [9.17, 15) is 0 Å². The lowest BCUT2D eigenvalue weighted by Gasteiger charge is -2.22. The summed E-state index contributed by atoms with van der Waals surface area (Å²) in [6, 6.07) is 4.11. The molecule has 1 heterocycles. The van der Waals surface area contributed by atoms with Crippen LogP contribution in [0.1, 0.15) is 44.9 Å². The lowest BCUT2D eigenvalue weighted by atomic mass is 10.1. The van der Waals surface area contributed by atoms with Crippen LogP contribution in [-0.2, 0) is 4.74 Å². The highest BCUT2D eigenvalue weighted by molar-refractivity contribution is 7.10. The first kappa shape index (κ1) is 22.6.